The summed E-state index contributed by atoms with van der Waals surface area (Å²) in [6, 6.07) is 4.01. The Morgan fingerprint density at radius 1 is 1.05 bits per heavy atom. The molecule has 2 fully saturated rings. The number of morpholine rings is 1. The van der Waals surface area contributed by atoms with Crippen LogP contribution in [0.5, 0.6) is 0 Å². The van der Waals surface area contributed by atoms with Gasteiger partial charge < -0.3 is 24.8 Å². The number of aromatic amines is 1. The SMILES string of the molecule is O=C(CCc1ccc[nH]1)N1CCC2(CC1)CN(Cc1nccs1)CCO2.O=C(O)C(F)(F)F.O=C(O)C(F)(F)F. The van der Waals surface area contributed by atoms with E-state index in [0.29, 0.717) is 6.42 Å². The molecule has 0 aromatic carbocycles. The molecule has 224 valence electrons. The summed E-state index contributed by atoms with van der Waals surface area (Å²) in [5, 5.41) is 17.4. The topological polar surface area (TPSA) is 136 Å². The maximum Gasteiger partial charge on any atom is 0.490 e. The lowest BCUT2D eigenvalue weighted by Gasteiger charge is -2.47. The van der Waals surface area contributed by atoms with E-state index in [9.17, 15) is 31.1 Å². The third-order valence-electron chi connectivity index (χ3n) is 5.95. The number of nitrogens with one attached hydrogen (secondary N) is 1. The third kappa shape index (κ3) is 11.1. The number of piperidine rings is 1. The number of carboxylic acids is 2. The normalized spacial score (nSPS) is 17.3. The van der Waals surface area contributed by atoms with Crippen LogP contribution in [-0.2, 0) is 32.1 Å². The summed E-state index contributed by atoms with van der Waals surface area (Å²) in [4.78, 5) is 42.3. The number of H-pyrrole nitrogens is 1. The maximum absolute atomic E-state index is 12.5. The van der Waals surface area contributed by atoms with Gasteiger partial charge in [0, 0.05) is 56.1 Å². The lowest BCUT2D eigenvalue weighted by atomic mass is 9.89. The Hall–Kier alpha value is -3.18. The number of aliphatic carboxylic acids is 2. The van der Waals surface area contributed by atoms with Gasteiger partial charge in [0.1, 0.15) is 5.01 Å². The number of carbonyl (C=O) groups is 3. The van der Waals surface area contributed by atoms with E-state index in [1.807, 2.05) is 34.8 Å². The number of amides is 1. The molecule has 3 N–H and O–H groups in total. The van der Waals surface area contributed by atoms with Crippen LogP contribution in [0, 0.1) is 0 Å². The van der Waals surface area contributed by atoms with Crippen molar-refractivity contribution < 1.29 is 55.7 Å². The van der Waals surface area contributed by atoms with Crippen molar-refractivity contribution in [3.63, 3.8) is 0 Å². The number of likely N-dealkylation sites (tertiary alicyclic amines) is 1. The van der Waals surface area contributed by atoms with Crippen molar-refractivity contribution >= 4 is 29.2 Å². The fraction of sp³-hybridized carbons (Fsp3) is 0.565. The standard InChI is InChI=1S/C19H26N4O2S.2C2HF3O2/c24-18(4-3-16-2-1-7-20-16)23-9-5-19(6-10-23)15-22(11-12-25-19)14-17-21-8-13-26-17;2*3-2(4,5)1(6)7/h1-2,7-8,13,20H,3-6,9-12,14-15H2;2*(H,6,7). The Kier molecular flexibility index (Phi) is 11.9. The van der Waals surface area contributed by atoms with Gasteiger partial charge in [-0.05, 0) is 31.4 Å². The summed E-state index contributed by atoms with van der Waals surface area (Å²) in [5.41, 5.74) is 1.03. The number of thiazole rings is 1. The molecule has 1 spiro atoms. The average molecular weight is 603 g/mol. The van der Waals surface area contributed by atoms with E-state index >= 15 is 0 Å². The molecule has 0 atom stereocenters. The third-order valence-corrected chi connectivity index (χ3v) is 6.72. The molecule has 0 bridgehead atoms. The number of halogens is 6. The number of hydrogen-bond acceptors (Lipinski definition) is 7. The molecule has 10 nitrogen and oxygen atoms in total. The van der Waals surface area contributed by atoms with Gasteiger partial charge in [-0.3, -0.25) is 9.69 Å². The van der Waals surface area contributed by atoms with E-state index in [2.05, 4.69) is 14.9 Å². The summed E-state index contributed by atoms with van der Waals surface area (Å²) < 4.78 is 69.7. The highest BCUT2D eigenvalue weighted by atomic mass is 32.1. The number of alkyl halides is 6. The molecule has 2 aliphatic heterocycles. The van der Waals surface area contributed by atoms with Crippen LogP contribution < -0.4 is 0 Å². The van der Waals surface area contributed by atoms with Crippen molar-refractivity contribution in [2.45, 2.75) is 50.2 Å². The summed E-state index contributed by atoms with van der Waals surface area (Å²) in [5.74, 6) is -5.26. The fourth-order valence-corrected chi connectivity index (χ4v) is 4.63. The number of carboxylic acid groups (broad SMARTS) is 2. The molecule has 0 saturated carbocycles. The van der Waals surface area contributed by atoms with Crippen molar-refractivity contribution in [2.75, 3.05) is 32.8 Å². The van der Waals surface area contributed by atoms with Gasteiger partial charge >= 0.3 is 24.3 Å². The van der Waals surface area contributed by atoms with Gasteiger partial charge in [0.05, 0.1) is 18.8 Å². The molecule has 4 heterocycles. The van der Waals surface area contributed by atoms with Crippen LogP contribution in [0.25, 0.3) is 0 Å². The van der Waals surface area contributed by atoms with Gasteiger partial charge in [-0.2, -0.15) is 26.3 Å². The van der Waals surface area contributed by atoms with Crippen molar-refractivity contribution in [3.8, 4) is 0 Å². The monoisotopic (exact) mass is 602 g/mol. The summed E-state index contributed by atoms with van der Waals surface area (Å²) in [6.07, 6.45) is -3.18. The molecule has 2 aromatic rings. The second-order valence-corrected chi connectivity index (χ2v) is 9.83. The maximum atomic E-state index is 12.5. The fourth-order valence-electron chi connectivity index (χ4n) is 3.97. The number of rotatable bonds is 5. The molecule has 2 saturated heterocycles. The predicted octanol–water partition coefficient (Wildman–Crippen LogP) is 3.56. The Morgan fingerprint density at radius 2 is 1.65 bits per heavy atom. The van der Waals surface area contributed by atoms with E-state index in [-0.39, 0.29) is 11.5 Å². The Labute approximate surface area is 228 Å². The number of ether oxygens (including phenoxy) is 1. The van der Waals surface area contributed by atoms with E-state index in [1.165, 1.54) is 5.01 Å². The van der Waals surface area contributed by atoms with Crippen LogP contribution in [0.2, 0.25) is 0 Å². The summed E-state index contributed by atoms with van der Waals surface area (Å²) >= 11 is 1.71. The first-order valence-electron chi connectivity index (χ1n) is 11.9. The highest BCUT2D eigenvalue weighted by Gasteiger charge is 2.41. The molecule has 40 heavy (non-hydrogen) atoms. The number of aromatic nitrogens is 2. The minimum absolute atomic E-state index is 0.0915. The van der Waals surface area contributed by atoms with Gasteiger partial charge in [0.25, 0.3) is 0 Å². The van der Waals surface area contributed by atoms with Crippen molar-refractivity contribution in [1.29, 1.82) is 0 Å². The molecule has 0 radical (unpaired) electrons. The average Bonchev–Trinajstić information content (AvgIpc) is 3.57. The molecule has 0 aliphatic carbocycles. The molecule has 1 amide bonds. The highest BCUT2D eigenvalue weighted by Crippen LogP contribution is 2.31. The minimum atomic E-state index is -5.08. The zero-order valence-electron chi connectivity index (χ0n) is 21.0. The lowest BCUT2D eigenvalue weighted by Crippen LogP contribution is -2.57. The van der Waals surface area contributed by atoms with Crippen LogP contribution in [0.3, 0.4) is 0 Å². The second kappa shape index (κ2) is 14.5. The molecule has 17 heteroatoms. The van der Waals surface area contributed by atoms with Crippen molar-refractivity contribution in [1.82, 2.24) is 19.8 Å². The first-order chi connectivity index (χ1) is 18.6. The number of hydrogen-bond donors (Lipinski definition) is 3. The van der Waals surface area contributed by atoms with Gasteiger partial charge in [0.2, 0.25) is 5.91 Å². The number of carbonyl (C=O) groups excluding carboxylic acids is 1. The first kappa shape index (κ1) is 33.0. The second-order valence-electron chi connectivity index (χ2n) is 8.85. The van der Waals surface area contributed by atoms with Gasteiger partial charge in [-0.1, -0.05) is 0 Å². The van der Waals surface area contributed by atoms with Crippen LogP contribution >= 0.6 is 11.3 Å². The van der Waals surface area contributed by atoms with Crippen LogP contribution in [0.4, 0.5) is 26.3 Å². The number of nitrogens with zero attached hydrogens (tertiary/aromatic N) is 3. The van der Waals surface area contributed by atoms with Gasteiger partial charge in [-0.15, -0.1) is 11.3 Å². The molecule has 0 unspecified atom stereocenters. The number of aryl methyl sites for hydroxylation is 1. The minimum Gasteiger partial charge on any atom is -0.475 e. The molecule has 4 rings (SSSR count). The zero-order valence-corrected chi connectivity index (χ0v) is 21.8. The summed E-state index contributed by atoms with van der Waals surface area (Å²) in [6.45, 7) is 5.17. The van der Waals surface area contributed by atoms with E-state index < -0.39 is 24.3 Å². The van der Waals surface area contributed by atoms with Crippen LogP contribution in [0.15, 0.2) is 29.9 Å². The van der Waals surface area contributed by atoms with Crippen LogP contribution in [0.1, 0.15) is 30.0 Å². The van der Waals surface area contributed by atoms with Crippen molar-refractivity contribution in [2.24, 2.45) is 0 Å². The smallest absolute Gasteiger partial charge is 0.475 e. The first-order valence-corrected chi connectivity index (χ1v) is 12.7. The lowest BCUT2D eigenvalue weighted by molar-refractivity contribution is -0.193. The Balaban J connectivity index is 0.000000333. The van der Waals surface area contributed by atoms with Gasteiger partial charge in [0.15, 0.2) is 0 Å². The highest BCUT2D eigenvalue weighted by molar-refractivity contribution is 7.09. The molecular weight excluding hydrogens is 574 g/mol. The zero-order chi connectivity index (χ0) is 30.0. The van der Waals surface area contributed by atoms with E-state index in [1.54, 1.807) is 11.3 Å². The van der Waals surface area contributed by atoms with Crippen LogP contribution in [-0.4, -0.2) is 98.6 Å². The Bertz CT molecular complexity index is 1050. The summed E-state index contributed by atoms with van der Waals surface area (Å²) in [7, 11) is 0. The van der Waals surface area contributed by atoms with E-state index in [0.717, 1.165) is 64.3 Å². The van der Waals surface area contributed by atoms with Crippen molar-refractivity contribution in [3.05, 3.63) is 40.6 Å². The largest absolute Gasteiger partial charge is 0.490 e. The molecule has 2 aromatic heterocycles. The quantitative estimate of drug-likeness (QED) is 0.442. The molecular formula is C23H28F6N4O6S. The van der Waals surface area contributed by atoms with E-state index in [4.69, 9.17) is 24.5 Å². The Morgan fingerprint density at radius 3 is 2.12 bits per heavy atom. The van der Waals surface area contributed by atoms with Gasteiger partial charge in [-0.25, -0.2) is 14.6 Å². The predicted molar refractivity (Wildman–Crippen MR) is 128 cm³/mol. The molecule has 2 aliphatic rings.